The van der Waals surface area contributed by atoms with Crippen LogP contribution in [0.15, 0.2) is 18.2 Å². The Morgan fingerprint density at radius 3 is 2.40 bits per heavy atom. The van der Waals surface area contributed by atoms with Crippen LogP contribution in [0.2, 0.25) is 0 Å². The molecule has 0 heterocycles. The van der Waals surface area contributed by atoms with Crippen molar-refractivity contribution < 1.29 is 27.6 Å². The molecule has 7 heteroatoms. The van der Waals surface area contributed by atoms with E-state index in [9.17, 15) is 18.0 Å². The van der Waals surface area contributed by atoms with Gasteiger partial charge in [0.1, 0.15) is 11.3 Å². The van der Waals surface area contributed by atoms with Gasteiger partial charge in [-0.1, -0.05) is 0 Å². The first-order chi connectivity index (χ1) is 6.86. The monoisotopic (exact) mass is 238 g/mol. The number of carboxylic acids is 1. The van der Waals surface area contributed by atoms with E-state index in [-0.39, 0.29) is 11.3 Å². The number of benzene rings is 1. The van der Waals surface area contributed by atoms with Crippen molar-refractivity contribution in [1.29, 1.82) is 0 Å². The number of carboxylic acid groups (broad SMARTS) is 1. The summed E-state index contributed by atoms with van der Waals surface area (Å²) in [5.74, 6) is -1.69. The molecule has 1 unspecified atom stereocenters. The van der Waals surface area contributed by atoms with E-state index in [0.717, 1.165) is 6.07 Å². The van der Waals surface area contributed by atoms with Crippen LogP contribution in [-0.2, 0) is 6.18 Å². The van der Waals surface area contributed by atoms with Crippen molar-refractivity contribution in [3.8, 4) is 5.75 Å². The Hall–Kier alpha value is -1.29. The minimum absolute atomic E-state index is 0.321. The molecule has 0 aromatic heterocycles. The van der Waals surface area contributed by atoms with Crippen molar-refractivity contribution in [3.05, 3.63) is 29.3 Å². The molecule has 1 atom stereocenters. The van der Waals surface area contributed by atoms with E-state index in [1.807, 2.05) is 0 Å². The molecule has 0 amide bonds. The molecular weight excluding hydrogens is 232 g/mol. The van der Waals surface area contributed by atoms with Gasteiger partial charge in [0.05, 0.1) is 15.0 Å². The molecule has 0 aliphatic carbocycles. The van der Waals surface area contributed by atoms with Gasteiger partial charge in [-0.15, -0.1) is 0 Å². The van der Waals surface area contributed by atoms with Crippen molar-refractivity contribution >= 4 is 15.4 Å². The van der Waals surface area contributed by atoms with Gasteiger partial charge in [0.25, 0.3) is 0 Å². The van der Waals surface area contributed by atoms with E-state index in [1.165, 1.54) is 0 Å². The molecule has 0 aliphatic heterocycles. The molecule has 1 aromatic carbocycles. The summed E-state index contributed by atoms with van der Waals surface area (Å²) >= 11 is 0. The Morgan fingerprint density at radius 1 is 1.40 bits per heavy atom. The standard InChI is InChI=1S/C8H6F3O3P/c9-8(10,11)4-1-2-5(7(12)13)6(3-4)14-15/h1-3H,15H2,(H,12,13). The Morgan fingerprint density at radius 2 is 2.00 bits per heavy atom. The highest BCUT2D eigenvalue weighted by Gasteiger charge is 2.31. The van der Waals surface area contributed by atoms with Crippen molar-refractivity contribution in [3.63, 3.8) is 0 Å². The lowest BCUT2D eigenvalue weighted by Gasteiger charge is -2.09. The second-order valence-corrected chi connectivity index (χ2v) is 2.87. The maximum atomic E-state index is 12.2. The van der Waals surface area contributed by atoms with Gasteiger partial charge in [0.2, 0.25) is 0 Å². The molecular formula is C8H6F3O3P. The molecule has 0 saturated heterocycles. The van der Waals surface area contributed by atoms with Crippen LogP contribution in [0.3, 0.4) is 0 Å². The molecule has 3 nitrogen and oxygen atoms in total. The summed E-state index contributed by atoms with van der Waals surface area (Å²) in [7, 11) is 1.71. The lowest BCUT2D eigenvalue weighted by Crippen LogP contribution is -2.07. The molecule has 0 spiro atoms. The van der Waals surface area contributed by atoms with E-state index >= 15 is 0 Å². The third kappa shape index (κ3) is 2.59. The van der Waals surface area contributed by atoms with Gasteiger partial charge < -0.3 is 9.63 Å². The Labute approximate surface area is 85.1 Å². The Balaban J connectivity index is 3.25. The van der Waals surface area contributed by atoms with Gasteiger partial charge in [0.15, 0.2) is 0 Å². The quantitative estimate of drug-likeness (QED) is 0.805. The molecule has 1 rings (SSSR count). The van der Waals surface area contributed by atoms with Gasteiger partial charge in [-0.05, 0) is 18.2 Å². The van der Waals surface area contributed by atoms with Gasteiger partial charge >= 0.3 is 12.1 Å². The van der Waals surface area contributed by atoms with Gasteiger partial charge in [-0.3, -0.25) is 0 Å². The first-order valence-electron chi connectivity index (χ1n) is 3.67. The van der Waals surface area contributed by atoms with E-state index < -0.39 is 17.7 Å². The summed E-state index contributed by atoms with van der Waals surface area (Å²) in [6.45, 7) is 0. The average Bonchev–Trinajstić information content (AvgIpc) is 2.15. The highest BCUT2D eigenvalue weighted by molar-refractivity contribution is 7.10. The minimum Gasteiger partial charge on any atom is -0.479 e. The van der Waals surface area contributed by atoms with Crippen LogP contribution >= 0.6 is 9.47 Å². The number of aromatic carboxylic acids is 1. The van der Waals surface area contributed by atoms with E-state index in [0.29, 0.717) is 12.1 Å². The zero-order chi connectivity index (χ0) is 11.6. The lowest BCUT2D eigenvalue weighted by atomic mass is 10.1. The first-order valence-corrected chi connectivity index (χ1v) is 4.14. The van der Waals surface area contributed by atoms with E-state index in [2.05, 4.69) is 4.52 Å². The summed E-state index contributed by atoms with van der Waals surface area (Å²) in [5, 5.41) is 8.62. The maximum absolute atomic E-state index is 12.2. The fourth-order valence-corrected chi connectivity index (χ4v) is 1.17. The van der Waals surface area contributed by atoms with Crippen LogP contribution < -0.4 is 4.52 Å². The van der Waals surface area contributed by atoms with Crippen LogP contribution in [0.4, 0.5) is 13.2 Å². The van der Waals surface area contributed by atoms with Crippen LogP contribution in [-0.4, -0.2) is 11.1 Å². The highest BCUT2D eigenvalue weighted by atomic mass is 31.0. The van der Waals surface area contributed by atoms with Crippen LogP contribution in [0.5, 0.6) is 5.75 Å². The zero-order valence-electron chi connectivity index (χ0n) is 7.21. The maximum Gasteiger partial charge on any atom is 0.416 e. The molecule has 1 N–H and O–H groups in total. The fourth-order valence-electron chi connectivity index (χ4n) is 0.973. The predicted octanol–water partition coefficient (Wildman–Crippen LogP) is 2.57. The third-order valence-corrected chi connectivity index (χ3v) is 1.92. The number of carbonyl (C=O) groups is 1. The molecule has 0 saturated carbocycles. The summed E-state index contributed by atoms with van der Waals surface area (Å²) in [4.78, 5) is 10.6. The van der Waals surface area contributed by atoms with Crippen molar-refractivity contribution in [2.45, 2.75) is 6.18 Å². The largest absolute Gasteiger partial charge is 0.479 e. The number of rotatable bonds is 2. The van der Waals surface area contributed by atoms with Gasteiger partial charge in [-0.2, -0.15) is 13.2 Å². The number of halogens is 3. The number of hydrogen-bond acceptors (Lipinski definition) is 2. The van der Waals surface area contributed by atoms with Crippen LogP contribution in [0.25, 0.3) is 0 Å². The van der Waals surface area contributed by atoms with E-state index in [1.54, 1.807) is 9.47 Å². The van der Waals surface area contributed by atoms with Crippen molar-refractivity contribution in [2.24, 2.45) is 0 Å². The molecule has 0 bridgehead atoms. The SMILES string of the molecule is O=C(O)c1ccc(C(F)(F)F)cc1OP. The average molecular weight is 238 g/mol. The molecule has 0 aliphatic rings. The van der Waals surface area contributed by atoms with Gasteiger partial charge in [-0.25, -0.2) is 4.79 Å². The highest BCUT2D eigenvalue weighted by Crippen LogP contribution is 2.33. The molecule has 0 fully saturated rings. The zero-order valence-corrected chi connectivity index (χ0v) is 8.36. The molecule has 15 heavy (non-hydrogen) atoms. The normalized spacial score (nSPS) is 11.2. The van der Waals surface area contributed by atoms with Gasteiger partial charge in [0, 0.05) is 0 Å². The smallest absolute Gasteiger partial charge is 0.416 e. The topological polar surface area (TPSA) is 46.5 Å². The van der Waals surface area contributed by atoms with E-state index in [4.69, 9.17) is 5.11 Å². The second-order valence-electron chi connectivity index (χ2n) is 2.63. The molecule has 82 valence electrons. The number of alkyl halides is 3. The first kappa shape index (κ1) is 11.8. The Bertz CT molecular complexity index is 389. The van der Waals surface area contributed by atoms with Crippen LogP contribution in [0.1, 0.15) is 15.9 Å². The van der Waals surface area contributed by atoms with Crippen molar-refractivity contribution in [1.82, 2.24) is 0 Å². The second kappa shape index (κ2) is 4.06. The number of hydrogen-bond donors (Lipinski definition) is 1. The fraction of sp³-hybridized carbons (Fsp3) is 0.125. The summed E-state index contributed by atoms with van der Waals surface area (Å²) in [6.07, 6.45) is -4.52. The summed E-state index contributed by atoms with van der Waals surface area (Å²) in [6, 6.07) is 2.18. The third-order valence-electron chi connectivity index (χ3n) is 1.67. The predicted molar refractivity (Wildman–Crippen MR) is 48.7 cm³/mol. The molecule has 0 radical (unpaired) electrons. The lowest BCUT2D eigenvalue weighted by molar-refractivity contribution is -0.137. The van der Waals surface area contributed by atoms with Crippen molar-refractivity contribution in [2.75, 3.05) is 0 Å². The molecule has 1 aromatic rings. The summed E-state index contributed by atoms with van der Waals surface area (Å²) < 4.78 is 41.2. The summed E-state index contributed by atoms with van der Waals surface area (Å²) in [5.41, 5.74) is -1.28. The minimum atomic E-state index is -4.52. The Kier molecular flexibility index (Phi) is 3.19. The van der Waals surface area contributed by atoms with Crippen LogP contribution in [0, 0.1) is 0 Å².